The Hall–Kier alpha value is -2.29. The van der Waals surface area contributed by atoms with Crippen LogP contribution in [-0.2, 0) is 10.0 Å². The molecule has 6 nitrogen and oxygen atoms in total. The maximum Gasteiger partial charge on any atom is 0.240 e. The molecule has 2 aromatic carbocycles. The summed E-state index contributed by atoms with van der Waals surface area (Å²) in [4.78, 5) is 4.62. The molecule has 0 saturated carbocycles. The number of hydrogen-bond donors (Lipinski definition) is 2. The Labute approximate surface area is 163 Å². The number of sulfonamides is 1. The second-order valence-electron chi connectivity index (χ2n) is 6.38. The normalized spacial score (nSPS) is 12.7. The Morgan fingerprint density at radius 3 is 2.44 bits per heavy atom. The molecule has 1 atom stereocenters. The molecule has 0 bridgehead atoms. The van der Waals surface area contributed by atoms with Crippen molar-refractivity contribution in [1.82, 2.24) is 14.1 Å². The third-order valence-electron chi connectivity index (χ3n) is 4.12. The quantitative estimate of drug-likeness (QED) is 0.631. The van der Waals surface area contributed by atoms with E-state index >= 15 is 0 Å². The summed E-state index contributed by atoms with van der Waals surface area (Å²) in [5.74, 6) is 0.685. The van der Waals surface area contributed by atoms with Crippen LogP contribution in [0.25, 0.3) is 0 Å². The molecule has 3 aromatic rings. The monoisotopic (exact) mass is 402 g/mol. The van der Waals surface area contributed by atoms with Gasteiger partial charge in [0.1, 0.15) is 5.82 Å². The van der Waals surface area contributed by atoms with Crippen molar-refractivity contribution in [1.29, 1.82) is 0 Å². The first-order valence-electron chi connectivity index (χ1n) is 8.54. The van der Waals surface area contributed by atoms with E-state index in [1.807, 2.05) is 50.2 Å². The average molecular weight is 403 g/mol. The van der Waals surface area contributed by atoms with Gasteiger partial charge in [0.05, 0.1) is 10.9 Å². The summed E-state index contributed by atoms with van der Waals surface area (Å²) in [7, 11) is -3.62. The van der Waals surface area contributed by atoms with E-state index in [4.69, 9.17) is 0 Å². The third-order valence-corrected chi connectivity index (χ3v) is 6.45. The standard InChI is InChI=1S/C19H22N4O2S2/c1-13-9-10-18(14(2)11-13)27(24,25)20-12-17(16-7-5-4-6-8-16)22-19-21-15(3)23-26-19/h4-11,17,20H,12H2,1-3H3,(H,21,22,23). The van der Waals surface area contributed by atoms with E-state index in [1.54, 1.807) is 19.1 Å². The average Bonchev–Trinajstić information content (AvgIpc) is 3.04. The first kappa shape index (κ1) is 19.5. The molecule has 1 aromatic heterocycles. The Morgan fingerprint density at radius 2 is 1.81 bits per heavy atom. The van der Waals surface area contributed by atoms with E-state index in [2.05, 4.69) is 19.4 Å². The van der Waals surface area contributed by atoms with Crippen LogP contribution in [0.2, 0.25) is 0 Å². The van der Waals surface area contributed by atoms with Gasteiger partial charge in [-0.3, -0.25) is 0 Å². The van der Waals surface area contributed by atoms with E-state index in [1.165, 1.54) is 11.5 Å². The lowest BCUT2D eigenvalue weighted by atomic mass is 10.1. The van der Waals surface area contributed by atoms with Crippen LogP contribution in [0.1, 0.15) is 28.6 Å². The molecule has 3 rings (SSSR count). The van der Waals surface area contributed by atoms with Crippen LogP contribution in [0.15, 0.2) is 53.4 Å². The number of aryl methyl sites for hydroxylation is 3. The highest BCUT2D eigenvalue weighted by Crippen LogP contribution is 2.22. The molecule has 8 heteroatoms. The first-order valence-corrected chi connectivity index (χ1v) is 10.8. The molecule has 0 aliphatic heterocycles. The molecule has 1 heterocycles. The van der Waals surface area contributed by atoms with Crippen molar-refractivity contribution in [2.24, 2.45) is 0 Å². The van der Waals surface area contributed by atoms with Gasteiger partial charge in [-0.05, 0) is 38.0 Å². The van der Waals surface area contributed by atoms with Gasteiger partial charge in [0, 0.05) is 18.1 Å². The van der Waals surface area contributed by atoms with Crippen LogP contribution >= 0.6 is 11.5 Å². The minimum Gasteiger partial charge on any atom is -0.352 e. The van der Waals surface area contributed by atoms with E-state index in [-0.39, 0.29) is 12.6 Å². The van der Waals surface area contributed by atoms with Crippen molar-refractivity contribution < 1.29 is 8.42 Å². The summed E-state index contributed by atoms with van der Waals surface area (Å²) < 4.78 is 32.5. The van der Waals surface area contributed by atoms with Gasteiger partial charge in [0.25, 0.3) is 0 Å². The largest absolute Gasteiger partial charge is 0.352 e. The van der Waals surface area contributed by atoms with Crippen LogP contribution < -0.4 is 10.0 Å². The zero-order valence-electron chi connectivity index (χ0n) is 15.4. The number of nitrogens with one attached hydrogen (secondary N) is 2. The number of anilines is 1. The van der Waals surface area contributed by atoms with E-state index < -0.39 is 10.0 Å². The van der Waals surface area contributed by atoms with Crippen molar-refractivity contribution in [3.8, 4) is 0 Å². The van der Waals surface area contributed by atoms with Crippen molar-refractivity contribution in [3.63, 3.8) is 0 Å². The van der Waals surface area contributed by atoms with Crippen molar-refractivity contribution in [2.45, 2.75) is 31.7 Å². The molecule has 0 spiro atoms. The Balaban J connectivity index is 1.81. The highest BCUT2D eigenvalue weighted by molar-refractivity contribution is 7.89. The van der Waals surface area contributed by atoms with Crippen LogP contribution in [0, 0.1) is 20.8 Å². The number of benzene rings is 2. The molecule has 0 amide bonds. The third kappa shape index (κ3) is 4.91. The predicted octanol–water partition coefficient (Wildman–Crippen LogP) is 3.60. The fraction of sp³-hybridized carbons (Fsp3) is 0.263. The van der Waals surface area contributed by atoms with Gasteiger partial charge in [-0.15, -0.1) is 0 Å². The lowest BCUT2D eigenvalue weighted by Crippen LogP contribution is -2.32. The van der Waals surface area contributed by atoms with E-state index in [0.29, 0.717) is 15.9 Å². The summed E-state index contributed by atoms with van der Waals surface area (Å²) >= 11 is 1.26. The number of rotatable bonds is 7. The van der Waals surface area contributed by atoms with Crippen LogP contribution in [0.3, 0.4) is 0 Å². The highest BCUT2D eigenvalue weighted by atomic mass is 32.2. The summed E-state index contributed by atoms with van der Waals surface area (Å²) in [5, 5.41) is 3.94. The molecular formula is C19H22N4O2S2. The maximum absolute atomic E-state index is 12.8. The number of aromatic nitrogens is 2. The van der Waals surface area contributed by atoms with Crippen molar-refractivity contribution in [2.75, 3.05) is 11.9 Å². The predicted molar refractivity (Wildman–Crippen MR) is 109 cm³/mol. The van der Waals surface area contributed by atoms with Crippen LogP contribution in [0.4, 0.5) is 5.13 Å². The Morgan fingerprint density at radius 1 is 1.07 bits per heavy atom. The summed E-state index contributed by atoms with van der Waals surface area (Å²) in [6.45, 7) is 5.76. The SMILES string of the molecule is Cc1ccc(S(=O)(=O)NCC(Nc2nc(C)ns2)c2ccccc2)c(C)c1. The summed E-state index contributed by atoms with van der Waals surface area (Å²) in [6, 6.07) is 14.7. The minimum atomic E-state index is -3.62. The second kappa shape index (κ2) is 8.16. The fourth-order valence-corrected chi connectivity index (χ4v) is 4.71. The van der Waals surface area contributed by atoms with Gasteiger partial charge in [0.2, 0.25) is 15.2 Å². The number of nitrogens with zero attached hydrogens (tertiary/aromatic N) is 2. The first-order chi connectivity index (χ1) is 12.8. The van der Waals surface area contributed by atoms with E-state index in [9.17, 15) is 8.42 Å². The summed E-state index contributed by atoms with van der Waals surface area (Å²) in [6.07, 6.45) is 0. The Bertz CT molecular complexity index is 1020. The van der Waals surface area contributed by atoms with Gasteiger partial charge in [0.15, 0.2) is 0 Å². The van der Waals surface area contributed by atoms with E-state index in [0.717, 1.165) is 16.7 Å². The maximum atomic E-state index is 12.8. The molecule has 2 N–H and O–H groups in total. The second-order valence-corrected chi connectivity index (χ2v) is 8.86. The molecule has 142 valence electrons. The molecule has 0 saturated heterocycles. The molecule has 1 unspecified atom stereocenters. The Kier molecular flexibility index (Phi) is 5.88. The van der Waals surface area contributed by atoms with Crippen LogP contribution in [-0.4, -0.2) is 24.3 Å². The summed E-state index contributed by atoms with van der Waals surface area (Å²) in [5.41, 5.74) is 2.72. The zero-order chi connectivity index (χ0) is 19.4. The minimum absolute atomic E-state index is 0.193. The highest BCUT2D eigenvalue weighted by Gasteiger charge is 2.20. The molecule has 0 fully saturated rings. The molecule has 0 aliphatic carbocycles. The van der Waals surface area contributed by atoms with Crippen molar-refractivity contribution in [3.05, 3.63) is 71.0 Å². The molecule has 0 radical (unpaired) electrons. The molecule has 0 aliphatic rings. The van der Waals surface area contributed by atoms with Gasteiger partial charge in [-0.1, -0.05) is 48.0 Å². The van der Waals surface area contributed by atoms with Gasteiger partial charge in [-0.25, -0.2) is 18.1 Å². The van der Waals surface area contributed by atoms with Gasteiger partial charge >= 0.3 is 0 Å². The lowest BCUT2D eigenvalue weighted by molar-refractivity contribution is 0.575. The number of hydrogen-bond acceptors (Lipinski definition) is 6. The zero-order valence-corrected chi connectivity index (χ0v) is 17.1. The fourth-order valence-electron chi connectivity index (χ4n) is 2.81. The molecular weight excluding hydrogens is 380 g/mol. The van der Waals surface area contributed by atoms with Gasteiger partial charge in [-0.2, -0.15) is 4.37 Å². The topological polar surface area (TPSA) is 84.0 Å². The lowest BCUT2D eigenvalue weighted by Gasteiger charge is -2.19. The smallest absolute Gasteiger partial charge is 0.240 e. The van der Waals surface area contributed by atoms with Crippen molar-refractivity contribution >= 4 is 26.7 Å². The molecule has 27 heavy (non-hydrogen) atoms. The van der Waals surface area contributed by atoms with Gasteiger partial charge < -0.3 is 5.32 Å². The van der Waals surface area contributed by atoms with Crippen LogP contribution in [0.5, 0.6) is 0 Å².